The highest BCUT2D eigenvalue weighted by atomic mass is 19.1. The van der Waals surface area contributed by atoms with E-state index >= 15 is 0 Å². The highest BCUT2D eigenvalue weighted by molar-refractivity contribution is 5.90. The van der Waals surface area contributed by atoms with Crippen LogP contribution in [0.15, 0.2) is 42.5 Å². The third-order valence-electron chi connectivity index (χ3n) is 3.30. The molecule has 4 nitrogen and oxygen atoms in total. The largest absolute Gasteiger partial charge is 0.490 e. The minimum absolute atomic E-state index is 0.111. The highest BCUT2D eigenvalue weighted by Crippen LogP contribution is 2.30. The van der Waals surface area contributed by atoms with Crippen LogP contribution in [0.4, 0.5) is 4.39 Å². The van der Waals surface area contributed by atoms with Crippen molar-refractivity contribution < 1.29 is 23.4 Å². The van der Waals surface area contributed by atoms with Gasteiger partial charge in [-0.25, -0.2) is 9.18 Å². The molecule has 0 radical (unpaired) electrons. The van der Waals surface area contributed by atoms with Crippen molar-refractivity contribution in [2.24, 2.45) is 0 Å². The molecule has 5 heteroatoms. The average Bonchev–Trinajstić information content (AvgIpc) is 2.78. The van der Waals surface area contributed by atoms with Gasteiger partial charge in [0.2, 0.25) is 0 Å². The summed E-state index contributed by atoms with van der Waals surface area (Å²) in [5, 5.41) is 0. The van der Waals surface area contributed by atoms with Crippen LogP contribution >= 0.6 is 0 Å². The van der Waals surface area contributed by atoms with Gasteiger partial charge in [0.15, 0.2) is 11.5 Å². The molecule has 0 N–H and O–H groups in total. The summed E-state index contributed by atoms with van der Waals surface area (Å²) in [6.07, 6.45) is 0.793. The molecule has 0 saturated carbocycles. The lowest BCUT2D eigenvalue weighted by Gasteiger charge is -2.09. The van der Waals surface area contributed by atoms with Crippen LogP contribution in [-0.2, 0) is 11.3 Å². The number of carbonyl (C=O) groups excluding carboxylic acids is 1. The van der Waals surface area contributed by atoms with Crippen molar-refractivity contribution in [1.29, 1.82) is 0 Å². The van der Waals surface area contributed by atoms with Crippen molar-refractivity contribution in [2.75, 3.05) is 13.2 Å². The average molecular weight is 302 g/mol. The molecule has 1 aliphatic heterocycles. The van der Waals surface area contributed by atoms with E-state index in [1.165, 1.54) is 6.07 Å². The van der Waals surface area contributed by atoms with Gasteiger partial charge in [0.1, 0.15) is 12.4 Å². The summed E-state index contributed by atoms with van der Waals surface area (Å²) in [4.78, 5) is 12.1. The summed E-state index contributed by atoms with van der Waals surface area (Å²) in [6.45, 7) is 1.02. The van der Waals surface area contributed by atoms with Gasteiger partial charge in [-0.15, -0.1) is 0 Å². The number of fused-ring (bicyclic) bond motifs is 1. The first-order valence-corrected chi connectivity index (χ1v) is 7.04. The molecule has 0 aromatic heterocycles. The second-order valence-corrected chi connectivity index (χ2v) is 4.88. The van der Waals surface area contributed by atoms with E-state index < -0.39 is 11.8 Å². The Labute approximate surface area is 127 Å². The molecule has 0 saturated heterocycles. The predicted octanol–water partition coefficient (Wildman–Crippen LogP) is 3.34. The summed E-state index contributed by atoms with van der Waals surface area (Å²) in [5.74, 6) is 0.217. The summed E-state index contributed by atoms with van der Waals surface area (Å²) >= 11 is 0. The van der Waals surface area contributed by atoms with E-state index in [1.807, 2.05) is 0 Å². The van der Waals surface area contributed by atoms with Gasteiger partial charge >= 0.3 is 5.97 Å². The lowest BCUT2D eigenvalue weighted by atomic mass is 10.2. The van der Waals surface area contributed by atoms with Crippen molar-refractivity contribution in [1.82, 2.24) is 0 Å². The van der Waals surface area contributed by atoms with E-state index in [0.717, 1.165) is 6.42 Å². The number of ether oxygens (including phenoxy) is 3. The molecule has 0 unspecified atom stereocenters. The van der Waals surface area contributed by atoms with Gasteiger partial charge in [-0.05, 0) is 24.3 Å². The molecule has 1 aliphatic rings. The van der Waals surface area contributed by atoms with Gasteiger partial charge < -0.3 is 14.2 Å². The van der Waals surface area contributed by atoms with Gasteiger partial charge in [0.05, 0.1) is 18.8 Å². The number of hydrogen-bond acceptors (Lipinski definition) is 4. The van der Waals surface area contributed by atoms with Gasteiger partial charge in [0, 0.05) is 12.0 Å². The number of rotatable bonds is 3. The quantitative estimate of drug-likeness (QED) is 0.816. The minimum atomic E-state index is -0.529. The summed E-state index contributed by atoms with van der Waals surface area (Å²) in [7, 11) is 0. The SMILES string of the molecule is O=C(OCc1ccccc1F)c1ccc2c(c1)OCCCO2. The molecule has 22 heavy (non-hydrogen) atoms. The zero-order valence-corrected chi connectivity index (χ0v) is 11.9. The van der Waals surface area contributed by atoms with Crippen molar-refractivity contribution in [3.05, 3.63) is 59.4 Å². The van der Waals surface area contributed by atoms with Crippen LogP contribution in [0.1, 0.15) is 22.3 Å². The summed E-state index contributed by atoms with van der Waals surface area (Å²) < 4.78 is 29.7. The molecule has 114 valence electrons. The fourth-order valence-electron chi connectivity index (χ4n) is 2.13. The number of halogens is 1. The molecule has 2 aromatic rings. The van der Waals surface area contributed by atoms with Gasteiger partial charge in [-0.1, -0.05) is 18.2 Å². The molecular weight excluding hydrogens is 287 g/mol. The van der Waals surface area contributed by atoms with Gasteiger partial charge in [0.25, 0.3) is 0 Å². The number of hydrogen-bond donors (Lipinski definition) is 0. The highest BCUT2D eigenvalue weighted by Gasteiger charge is 2.15. The maximum absolute atomic E-state index is 13.5. The topological polar surface area (TPSA) is 44.8 Å². The summed E-state index contributed by atoms with van der Waals surface area (Å²) in [5.41, 5.74) is 0.686. The van der Waals surface area contributed by atoms with E-state index in [-0.39, 0.29) is 6.61 Å². The van der Waals surface area contributed by atoms with Crippen molar-refractivity contribution >= 4 is 5.97 Å². The third-order valence-corrected chi connectivity index (χ3v) is 3.30. The standard InChI is InChI=1S/C17H15FO4/c18-14-5-2-1-4-13(14)11-22-17(19)12-6-7-15-16(10-12)21-9-3-8-20-15/h1-2,4-7,10H,3,8-9,11H2. The number of carbonyl (C=O) groups is 1. The molecule has 0 spiro atoms. The molecule has 0 fully saturated rings. The zero-order valence-electron chi connectivity index (χ0n) is 11.9. The Kier molecular flexibility index (Phi) is 4.23. The number of benzene rings is 2. The van der Waals surface area contributed by atoms with E-state index in [9.17, 15) is 9.18 Å². The maximum Gasteiger partial charge on any atom is 0.338 e. The summed E-state index contributed by atoms with van der Waals surface area (Å²) in [6, 6.07) is 11.1. The van der Waals surface area contributed by atoms with Crippen molar-refractivity contribution in [3.8, 4) is 11.5 Å². The monoisotopic (exact) mass is 302 g/mol. The number of esters is 1. The van der Waals surface area contributed by atoms with Crippen LogP contribution in [0.25, 0.3) is 0 Å². The Balaban J connectivity index is 1.70. The van der Waals surface area contributed by atoms with Crippen LogP contribution in [0.2, 0.25) is 0 Å². The Morgan fingerprint density at radius 3 is 2.68 bits per heavy atom. The predicted molar refractivity (Wildman–Crippen MR) is 77.6 cm³/mol. The van der Waals surface area contributed by atoms with Gasteiger partial charge in [-0.3, -0.25) is 0 Å². The first-order valence-electron chi connectivity index (χ1n) is 7.04. The Bertz CT molecular complexity index is 684. The molecular formula is C17H15FO4. The van der Waals surface area contributed by atoms with Crippen LogP contribution < -0.4 is 9.47 Å². The molecule has 0 atom stereocenters. The fraction of sp³-hybridized carbons (Fsp3) is 0.235. The van der Waals surface area contributed by atoms with E-state index in [4.69, 9.17) is 14.2 Å². The smallest absolute Gasteiger partial charge is 0.338 e. The fourth-order valence-corrected chi connectivity index (χ4v) is 2.13. The lowest BCUT2D eigenvalue weighted by molar-refractivity contribution is 0.0468. The second kappa shape index (κ2) is 6.47. The van der Waals surface area contributed by atoms with Gasteiger partial charge in [-0.2, -0.15) is 0 Å². The molecule has 0 bridgehead atoms. The van der Waals surface area contributed by atoms with Crippen molar-refractivity contribution in [2.45, 2.75) is 13.0 Å². The minimum Gasteiger partial charge on any atom is -0.490 e. The van der Waals surface area contributed by atoms with E-state index in [1.54, 1.807) is 36.4 Å². The molecule has 1 heterocycles. The zero-order chi connectivity index (χ0) is 15.4. The lowest BCUT2D eigenvalue weighted by Crippen LogP contribution is -2.06. The Morgan fingerprint density at radius 1 is 1.09 bits per heavy atom. The van der Waals surface area contributed by atoms with Crippen LogP contribution in [0.3, 0.4) is 0 Å². The first-order chi connectivity index (χ1) is 10.7. The van der Waals surface area contributed by atoms with E-state index in [0.29, 0.717) is 35.8 Å². The maximum atomic E-state index is 13.5. The molecule has 0 amide bonds. The van der Waals surface area contributed by atoms with Crippen LogP contribution in [0.5, 0.6) is 11.5 Å². The Hall–Kier alpha value is -2.56. The third kappa shape index (κ3) is 3.19. The van der Waals surface area contributed by atoms with Crippen LogP contribution in [-0.4, -0.2) is 19.2 Å². The normalized spacial score (nSPS) is 13.3. The Morgan fingerprint density at radius 2 is 1.86 bits per heavy atom. The second-order valence-electron chi connectivity index (χ2n) is 4.88. The van der Waals surface area contributed by atoms with E-state index in [2.05, 4.69) is 0 Å². The molecule has 0 aliphatic carbocycles. The van der Waals surface area contributed by atoms with Crippen LogP contribution in [0, 0.1) is 5.82 Å². The molecule has 3 rings (SSSR count). The molecule has 2 aromatic carbocycles. The first kappa shape index (κ1) is 14.4. The van der Waals surface area contributed by atoms with Crippen molar-refractivity contribution in [3.63, 3.8) is 0 Å².